The Bertz CT molecular complexity index is 643. The molecule has 0 aliphatic carbocycles. The number of anilines is 1. The van der Waals surface area contributed by atoms with Gasteiger partial charge in [-0.2, -0.15) is 0 Å². The van der Waals surface area contributed by atoms with E-state index in [1.807, 2.05) is 18.2 Å². The van der Waals surface area contributed by atoms with E-state index in [1.54, 1.807) is 12.1 Å². The molecule has 0 bridgehead atoms. The summed E-state index contributed by atoms with van der Waals surface area (Å²) >= 11 is 9.36. The van der Waals surface area contributed by atoms with Crippen LogP contribution in [0.5, 0.6) is 0 Å². The van der Waals surface area contributed by atoms with E-state index in [1.165, 1.54) is 5.56 Å². The molecule has 2 aromatic carbocycles. The number of benzene rings is 2. The molecule has 0 aromatic heterocycles. The van der Waals surface area contributed by atoms with Gasteiger partial charge in [-0.05, 0) is 49.2 Å². The molecule has 110 valence electrons. The average Bonchev–Trinajstić information content (AvgIpc) is 2.43. The van der Waals surface area contributed by atoms with Gasteiger partial charge < -0.3 is 11.1 Å². The summed E-state index contributed by atoms with van der Waals surface area (Å²) in [4.78, 5) is 11.3. The minimum absolute atomic E-state index is 0.216. The fraction of sp³-hybridized carbons (Fsp3) is 0.188. The molecule has 0 spiro atoms. The van der Waals surface area contributed by atoms with E-state index in [-0.39, 0.29) is 6.04 Å². The first-order valence-electron chi connectivity index (χ1n) is 6.56. The minimum Gasteiger partial charge on any atom is -0.382 e. The van der Waals surface area contributed by atoms with Gasteiger partial charge in [-0.15, -0.1) is 0 Å². The lowest BCUT2D eigenvalue weighted by Crippen LogP contribution is -2.19. The molecule has 0 radical (unpaired) electrons. The van der Waals surface area contributed by atoms with Gasteiger partial charge in [0, 0.05) is 16.2 Å². The van der Waals surface area contributed by atoms with Gasteiger partial charge in [0.2, 0.25) is 5.91 Å². The van der Waals surface area contributed by atoms with Crippen LogP contribution in [0.2, 0.25) is 5.02 Å². The average molecular weight is 368 g/mol. The molecule has 0 fully saturated rings. The highest BCUT2D eigenvalue weighted by Gasteiger charge is 2.09. The normalized spacial score (nSPS) is 12.0. The van der Waals surface area contributed by atoms with Crippen molar-refractivity contribution >= 4 is 39.1 Å². The third-order valence-electron chi connectivity index (χ3n) is 3.10. The number of carbonyl (C=O) groups excluding carboxylic acids is 1. The summed E-state index contributed by atoms with van der Waals surface area (Å²) in [6.07, 6.45) is 0.877. The molecule has 0 aliphatic rings. The SMILES string of the molecule is CC(Cc1ccc(Br)cc1)Nc1ccc(Cl)c(C(N)=O)c1. The van der Waals surface area contributed by atoms with Gasteiger partial charge in [0.25, 0.3) is 0 Å². The van der Waals surface area contributed by atoms with Crippen LogP contribution >= 0.6 is 27.5 Å². The van der Waals surface area contributed by atoms with Crippen molar-refractivity contribution in [2.45, 2.75) is 19.4 Å². The van der Waals surface area contributed by atoms with E-state index in [2.05, 4.69) is 40.3 Å². The predicted molar refractivity (Wildman–Crippen MR) is 90.9 cm³/mol. The fourth-order valence-electron chi connectivity index (χ4n) is 2.11. The van der Waals surface area contributed by atoms with Crippen molar-refractivity contribution in [2.24, 2.45) is 5.73 Å². The summed E-state index contributed by atoms with van der Waals surface area (Å²) in [5.74, 6) is -0.524. The van der Waals surface area contributed by atoms with Crippen molar-refractivity contribution < 1.29 is 4.79 Å². The number of hydrogen-bond donors (Lipinski definition) is 2. The summed E-state index contributed by atoms with van der Waals surface area (Å²) in [5.41, 5.74) is 7.70. The standard InChI is InChI=1S/C16H16BrClN2O/c1-10(8-11-2-4-12(17)5-3-11)20-13-6-7-15(18)14(9-13)16(19)21/h2-7,9-10,20H,8H2,1H3,(H2,19,21). The van der Waals surface area contributed by atoms with Gasteiger partial charge >= 0.3 is 0 Å². The zero-order valence-corrected chi connectivity index (χ0v) is 13.9. The second kappa shape index (κ2) is 6.96. The molecule has 0 saturated carbocycles. The van der Waals surface area contributed by atoms with Crippen molar-refractivity contribution in [1.29, 1.82) is 0 Å². The van der Waals surface area contributed by atoms with Crippen LogP contribution in [-0.2, 0) is 6.42 Å². The van der Waals surface area contributed by atoms with Crippen LogP contribution in [0.1, 0.15) is 22.8 Å². The van der Waals surface area contributed by atoms with Gasteiger partial charge in [0.1, 0.15) is 0 Å². The second-order valence-electron chi connectivity index (χ2n) is 4.93. The Balaban J connectivity index is 2.05. The molecular formula is C16H16BrClN2O. The monoisotopic (exact) mass is 366 g/mol. The van der Waals surface area contributed by atoms with E-state index in [0.29, 0.717) is 10.6 Å². The zero-order valence-electron chi connectivity index (χ0n) is 11.6. The Labute approximate surface area is 137 Å². The molecule has 3 nitrogen and oxygen atoms in total. The summed E-state index contributed by atoms with van der Waals surface area (Å²) in [6, 6.07) is 13.6. The Morgan fingerprint density at radius 1 is 1.29 bits per heavy atom. The van der Waals surface area contributed by atoms with Crippen LogP contribution in [-0.4, -0.2) is 11.9 Å². The molecule has 1 atom stereocenters. The van der Waals surface area contributed by atoms with Crippen LogP contribution < -0.4 is 11.1 Å². The quantitative estimate of drug-likeness (QED) is 0.830. The maximum absolute atomic E-state index is 11.3. The zero-order chi connectivity index (χ0) is 15.4. The predicted octanol–water partition coefficient (Wildman–Crippen LogP) is 4.24. The Hall–Kier alpha value is -1.52. The molecular weight excluding hydrogens is 352 g/mol. The Morgan fingerprint density at radius 3 is 2.57 bits per heavy atom. The molecule has 1 unspecified atom stereocenters. The number of nitrogens with two attached hydrogens (primary N) is 1. The van der Waals surface area contributed by atoms with Crippen molar-refractivity contribution in [3.05, 3.63) is 63.1 Å². The molecule has 0 heterocycles. The number of primary amides is 1. The van der Waals surface area contributed by atoms with Crippen LogP contribution in [0.3, 0.4) is 0 Å². The number of halogens is 2. The number of hydrogen-bond acceptors (Lipinski definition) is 2. The third kappa shape index (κ3) is 4.48. The lowest BCUT2D eigenvalue weighted by molar-refractivity contribution is 0.100. The third-order valence-corrected chi connectivity index (χ3v) is 3.96. The van der Waals surface area contributed by atoms with E-state index < -0.39 is 5.91 Å². The molecule has 2 rings (SSSR count). The highest BCUT2D eigenvalue weighted by molar-refractivity contribution is 9.10. The second-order valence-corrected chi connectivity index (χ2v) is 6.26. The topological polar surface area (TPSA) is 55.1 Å². The maximum Gasteiger partial charge on any atom is 0.250 e. The number of nitrogens with one attached hydrogen (secondary N) is 1. The Kier molecular flexibility index (Phi) is 5.26. The molecule has 1 amide bonds. The van der Waals surface area contributed by atoms with E-state index >= 15 is 0 Å². The fourth-order valence-corrected chi connectivity index (χ4v) is 2.59. The summed E-state index contributed by atoms with van der Waals surface area (Å²) in [7, 11) is 0. The molecule has 5 heteroatoms. The van der Waals surface area contributed by atoms with Crippen LogP contribution in [0.15, 0.2) is 46.9 Å². The minimum atomic E-state index is -0.524. The lowest BCUT2D eigenvalue weighted by Gasteiger charge is -2.16. The number of amides is 1. The molecule has 2 aromatic rings. The summed E-state index contributed by atoms with van der Waals surface area (Å²) < 4.78 is 1.07. The summed E-state index contributed by atoms with van der Waals surface area (Å²) in [5, 5.41) is 3.72. The molecule has 0 saturated heterocycles. The molecule has 21 heavy (non-hydrogen) atoms. The Morgan fingerprint density at radius 2 is 1.95 bits per heavy atom. The van der Waals surface area contributed by atoms with Crippen molar-refractivity contribution in [3.8, 4) is 0 Å². The van der Waals surface area contributed by atoms with Crippen molar-refractivity contribution in [1.82, 2.24) is 0 Å². The molecule has 3 N–H and O–H groups in total. The van der Waals surface area contributed by atoms with E-state index in [4.69, 9.17) is 17.3 Å². The highest BCUT2D eigenvalue weighted by atomic mass is 79.9. The van der Waals surface area contributed by atoms with Crippen LogP contribution in [0.25, 0.3) is 0 Å². The number of rotatable bonds is 5. The van der Waals surface area contributed by atoms with E-state index in [0.717, 1.165) is 16.6 Å². The number of carbonyl (C=O) groups is 1. The summed E-state index contributed by atoms with van der Waals surface area (Å²) in [6.45, 7) is 2.08. The van der Waals surface area contributed by atoms with Gasteiger partial charge in [-0.25, -0.2) is 0 Å². The van der Waals surface area contributed by atoms with Crippen LogP contribution in [0.4, 0.5) is 5.69 Å². The largest absolute Gasteiger partial charge is 0.382 e. The smallest absolute Gasteiger partial charge is 0.250 e. The molecule has 0 aliphatic heterocycles. The lowest BCUT2D eigenvalue weighted by atomic mass is 10.1. The van der Waals surface area contributed by atoms with Gasteiger partial charge in [-0.3, -0.25) is 4.79 Å². The van der Waals surface area contributed by atoms with Crippen molar-refractivity contribution in [2.75, 3.05) is 5.32 Å². The first kappa shape index (κ1) is 15.9. The maximum atomic E-state index is 11.3. The van der Waals surface area contributed by atoms with E-state index in [9.17, 15) is 4.79 Å². The first-order chi connectivity index (χ1) is 9.95. The van der Waals surface area contributed by atoms with Crippen LogP contribution in [0, 0.1) is 0 Å². The van der Waals surface area contributed by atoms with Gasteiger partial charge in [0.15, 0.2) is 0 Å². The van der Waals surface area contributed by atoms with Gasteiger partial charge in [0.05, 0.1) is 10.6 Å². The first-order valence-corrected chi connectivity index (χ1v) is 7.73. The van der Waals surface area contributed by atoms with Crippen molar-refractivity contribution in [3.63, 3.8) is 0 Å². The van der Waals surface area contributed by atoms with Gasteiger partial charge in [-0.1, -0.05) is 39.7 Å². The highest BCUT2D eigenvalue weighted by Crippen LogP contribution is 2.21.